The summed E-state index contributed by atoms with van der Waals surface area (Å²) in [4.78, 5) is 0. The van der Waals surface area contributed by atoms with Crippen LogP contribution in [0.1, 0.15) is 13.3 Å². The number of hydrogen-bond donors (Lipinski definition) is 1. The van der Waals surface area contributed by atoms with Crippen LogP contribution in [0.15, 0.2) is 0 Å². The highest BCUT2D eigenvalue weighted by Gasteiger charge is 2.27. The Morgan fingerprint density at radius 1 is 1.39 bits per heavy atom. The van der Waals surface area contributed by atoms with Crippen molar-refractivity contribution < 1.29 is 13.2 Å². The maximum Gasteiger partial charge on any atom is 0.279 e. The zero-order valence-corrected chi connectivity index (χ0v) is 13.7. The summed E-state index contributed by atoms with van der Waals surface area (Å²) in [6.07, 6.45) is 0.909. The number of hydrogen-bond acceptors (Lipinski definition) is 3. The molecule has 0 amide bonds. The second kappa shape index (κ2) is 6.47. The summed E-state index contributed by atoms with van der Waals surface area (Å²) in [5.74, 6) is 0. The van der Waals surface area contributed by atoms with Crippen molar-refractivity contribution in [3.63, 3.8) is 0 Å². The Morgan fingerprint density at radius 2 is 2.06 bits per heavy atom. The van der Waals surface area contributed by atoms with Gasteiger partial charge in [0.05, 0.1) is 12.7 Å². The smallest absolute Gasteiger partial charge is 0.279 e. The minimum Gasteiger partial charge on any atom is -0.376 e. The van der Waals surface area contributed by atoms with Crippen molar-refractivity contribution in [1.82, 2.24) is 9.03 Å². The Morgan fingerprint density at radius 3 is 2.61 bits per heavy atom. The van der Waals surface area contributed by atoms with Crippen LogP contribution in [0.3, 0.4) is 0 Å². The molecule has 18 heavy (non-hydrogen) atoms. The molecule has 1 atom stereocenters. The first-order chi connectivity index (χ1) is 8.21. The van der Waals surface area contributed by atoms with Gasteiger partial charge in [-0.2, -0.15) is 12.7 Å². The molecule has 1 fully saturated rings. The lowest BCUT2D eigenvalue weighted by atomic mass is 10.3. The molecule has 7 heteroatoms. The summed E-state index contributed by atoms with van der Waals surface area (Å²) in [7, 11) is -4.39. The van der Waals surface area contributed by atoms with Gasteiger partial charge in [0.1, 0.15) is 0 Å². The molecule has 0 aliphatic carbocycles. The first kappa shape index (κ1) is 16.1. The number of morpholine rings is 1. The van der Waals surface area contributed by atoms with Crippen LogP contribution < -0.4 is 4.72 Å². The van der Waals surface area contributed by atoms with Gasteiger partial charge in [0.2, 0.25) is 0 Å². The van der Waals surface area contributed by atoms with Crippen molar-refractivity contribution in [1.29, 1.82) is 0 Å². The van der Waals surface area contributed by atoms with Gasteiger partial charge in [-0.15, -0.1) is 0 Å². The van der Waals surface area contributed by atoms with Crippen LogP contribution >= 0.6 is 0 Å². The van der Waals surface area contributed by atoms with Gasteiger partial charge < -0.3 is 4.74 Å². The predicted octanol–water partition coefficient (Wildman–Crippen LogP) is 1.27. The van der Waals surface area contributed by atoms with Crippen LogP contribution in [-0.2, 0) is 14.9 Å². The van der Waals surface area contributed by atoms with Crippen LogP contribution in [-0.4, -0.2) is 53.1 Å². The average Bonchev–Trinajstić information content (AvgIpc) is 2.23. The maximum absolute atomic E-state index is 12.0. The van der Waals surface area contributed by atoms with E-state index in [2.05, 4.69) is 24.4 Å². The van der Waals surface area contributed by atoms with Crippen LogP contribution in [0.5, 0.6) is 0 Å². The summed E-state index contributed by atoms with van der Waals surface area (Å²) in [6, 6.07) is 1.15. The molecular weight excluding hydrogens is 268 g/mol. The largest absolute Gasteiger partial charge is 0.376 e. The number of nitrogens with one attached hydrogen (secondary N) is 1. The molecule has 1 N–H and O–H groups in total. The van der Waals surface area contributed by atoms with Gasteiger partial charge in [-0.05, 0) is 13.3 Å². The topological polar surface area (TPSA) is 58.6 Å². The van der Waals surface area contributed by atoms with Gasteiger partial charge in [0, 0.05) is 27.7 Å². The predicted molar refractivity (Wildman–Crippen MR) is 76.7 cm³/mol. The lowest BCUT2D eigenvalue weighted by molar-refractivity contribution is 0.00978. The summed E-state index contributed by atoms with van der Waals surface area (Å²) in [5.41, 5.74) is 0. The molecule has 0 bridgehead atoms. The van der Waals surface area contributed by atoms with Crippen molar-refractivity contribution in [2.75, 3.05) is 26.2 Å². The number of nitrogens with zero attached hydrogens (tertiary/aromatic N) is 1. The molecule has 0 radical (unpaired) electrons. The molecule has 1 saturated heterocycles. The van der Waals surface area contributed by atoms with Crippen LogP contribution in [0.25, 0.3) is 0 Å². The molecule has 0 aromatic carbocycles. The van der Waals surface area contributed by atoms with E-state index < -0.39 is 18.3 Å². The van der Waals surface area contributed by atoms with Gasteiger partial charge in [-0.3, -0.25) is 0 Å². The van der Waals surface area contributed by atoms with Gasteiger partial charge in [-0.25, -0.2) is 4.72 Å². The highest BCUT2D eigenvalue weighted by Crippen LogP contribution is 2.11. The lowest BCUT2D eigenvalue weighted by Gasteiger charge is -2.30. The Hall–Kier alpha value is 0.0469. The fraction of sp³-hybridized carbons (Fsp3) is 1.00. The van der Waals surface area contributed by atoms with Crippen LogP contribution in [0.4, 0.5) is 0 Å². The molecule has 0 aromatic rings. The van der Waals surface area contributed by atoms with Crippen molar-refractivity contribution in [2.24, 2.45) is 0 Å². The van der Waals surface area contributed by atoms with Crippen molar-refractivity contribution >= 4 is 18.3 Å². The average molecular weight is 294 g/mol. The Bertz CT molecular complexity index is 354. The van der Waals surface area contributed by atoms with E-state index in [4.69, 9.17) is 4.74 Å². The third-order valence-corrected chi connectivity index (χ3v) is 6.37. The van der Waals surface area contributed by atoms with E-state index in [-0.39, 0.29) is 6.10 Å². The summed E-state index contributed by atoms with van der Waals surface area (Å²) in [6.45, 7) is 10.7. The van der Waals surface area contributed by atoms with E-state index >= 15 is 0 Å². The Balaban J connectivity index is 2.35. The Labute approximate surface area is 112 Å². The zero-order chi connectivity index (χ0) is 13.8. The number of ether oxygens (including phenoxy) is 1. The molecule has 1 rings (SSSR count). The molecule has 1 heterocycles. The molecule has 0 aromatic heterocycles. The molecule has 5 nitrogen and oxygen atoms in total. The van der Waals surface area contributed by atoms with Gasteiger partial charge >= 0.3 is 0 Å². The van der Waals surface area contributed by atoms with E-state index in [1.54, 1.807) is 0 Å². The third kappa shape index (κ3) is 5.79. The fourth-order valence-electron chi connectivity index (χ4n) is 1.92. The molecule has 0 spiro atoms. The standard InChI is InChI=1S/C11H26N2O3SSi/c1-11-10-13(7-8-16-11)17(14,15)12-6-5-9-18(2,3)4/h11-12H,5-10H2,1-4H3. The van der Waals surface area contributed by atoms with E-state index in [9.17, 15) is 8.42 Å². The highest BCUT2D eigenvalue weighted by molar-refractivity contribution is 7.87. The van der Waals surface area contributed by atoms with E-state index in [1.165, 1.54) is 4.31 Å². The molecule has 1 unspecified atom stereocenters. The molecule has 1 aliphatic heterocycles. The lowest BCUT2D eigenvalue weighted by Crippen LogP contribution is -2.49. The monoisotopic (exact) mass is 294 g/mol. The second-order valence-electron chi connectivity index (χ2n) is 6.10. The first-order valence-corrected chi connectivity index (χ1v) is 11.7. The van der Waals surface area contributed by atoms with Crippen LogP contribution in [0.2, 0.25) is 25.7 Å². The SMILES string of the molecule is CC1CN(S(=O)(=O)NCCC[Si](C)(C)C)CCO1. The second-order valence-corrected chi connectivity index (χ2v) is 13.5. The van der Waals surface area contributed by atoms with Crippen molar-refractivity contribution in [2.45, 2.75) is 45.1 Å². The van der Waals surface area contributed by atoms with Gasteiger partial charge in [0.15, 0.2) is 0 Å². The molecular formula is C11H26N2O3SSi. The molecule has 1 aliphatic rings. The first-order valence-electron chi connectivity index (χ1n) is 6.57. The highest BCUT2D eigenvalue weighted by atomic mass is 32.2. The minimum atomic E-state index is -3.32. The van der Waals surface area contributed by atoms with E-state index in [0.29, 0.717) is 26.2 Å². The quantitative estimate of drug-likeness (QED) is 0.593. The molecule has 0 saturated carbocycles. The molecule has 108 valence electrons. The normalized spacial score (nSPS) is 23.2. The van der Waals surface area contributed by atoms with Crippen LogP contribution in [0, 0.1) is 0 Å². The number of rotatable bonds is 6. The van der Waals surface area contributed by atoms with Gasteiger partial charge in [-0.1, -0.05) is 25.7 Å². The van der Waals surface area contributed by atoms with E-state index in [0.717, 1.165) is 12.5 Å². The zero-order valence-electron chi connectivity index (χ0n) is 11.9. The summed E-state index contributed by atoms with van der Waals surface area (Å²) < 4.78 is 33.6. The Kier molecular flexibility index (Phi) is 5.79. The summed E-state index contributed by atoms with van der Waals surface area (Å²) in [5, 5.41) is 0. The third-order valence-electron chi connectivity index (χ3n) is 2.93. The van der Waals surface area contributed by atoms with Crippen molar-refractivity contribution in [3.8, 4) is 0 Å². The van der Waals surface area contributed by atoms with Gasteiger partial charge in [0.25, 0.3) is 10.2 Å². The summed E-state index contributed by atoms with van der Waals surface area (Å²) >= 11 is 0. The minimum absolute atomic E-state index is 0.0164. The van der Waals surface area contributed by atoms with E-state index in [1.807, 2.05) is 6.92 Å². The van der Waals surface area contributed by atoms with Crippen molar-refractivity contribution in [3.05, 3.63) is 0 Å². The fourth-order valence-corrected chi connectivity index (χ4v) is 4.46. The maximum atomic E-state index is 12.0.